The number of anilines is 1. The minimum Gasteiger partial charge on any atom is -0.443 e. The molecule has 37 heavy (non-hydrogen) atoms. The highest BCUT2D eigenvalue weighted by atomic mass is 19.4. The number of carbonyl (C=O) groups is 3. The normalized spacial score (nSPS) is 12.2. The number of aromatic amines is 1. The number of nitrogens with zero attached hydrogens (tertiary/aromatic N) is 2. The monoisotopic (exact) mass is 519 g/mol. The van der Waals surface area contributed by atoms with Crippen molar-refractivity contribution in [3.05, 3.63) is 71.0 Å². The highest BCUT2D eigenvalue weighted by molar-refractivity contribution is 5.93. The lowest BCUT2D eigenvalue weighted by Gasteiger charge is -2.23. The second-order valence-electron chi connectivity index (χ2n) is 8.32. The van der Waals surface area contributed by atoms with Crippen LogP contribution in [0.5, 0.6) is 0 Å². The van der Waals surface area contributed by atoms with E-state index in [1.165, 1.54) is 38.5 Å². The van der Waals surface area contributed by atoms with Gasteiger partial charge in [0.25, 0.3) is 11.3 Å². The van der Waals surface area contributed by atoms with Crippen molar-refractivity contribution in [2.24, 2.45) is 5.92 Å². The van der Waals surface area contributed by atoms with Crippen molar-refractivity contribution in [2.45, 2.75) is 39.2 Å². The van der Waals surface area contributed by atoms with Crippen LogP contribution in [0.3, 0.4) is 0 Å². The summed E-state index contributed by atoms with van der Waals surface area (Å²) in [6.07, 6.45) is -3.25. The minimum absolute atomic E-state index is 0.144. The zero-order valence-electron chi connectivity index (χ0n) is 19.8. The molecule has 0 aliphatic rings. The Kier molecular flexibility index (Phi) is 8.48. The number of ketones is 1. The molecule has 13 heteroatoms. The van der Waals surface area contributed by atoms with Gasteiger partial charge < -0.3 is 15.0 Å². The van der Waals surface area contributed by atoms with E-state index in [0.717, 1.165) is 4.57 Å². The van der Waals surface area contributed by atoms with E-state index in [9.17, 15) is 32.3 Å². The summed E-state index contributed by atoms with van der Waals surface area (Å²) in [7, 11) is 0. The first-order valence-electron chi connectivity index (χ1n) is 11.1. The fraction of sp³-hybridized carbons (Fsp3) is 0.292. The molecule has 0 aliphatic carbocycles. The van der Waals surface area contributed by atoms with Crippen LogP contribution in [0, 0.1) is 5.92 Å². The molecule has 3 aromatic rings. The number of imidazole rings is 1. The number of hydrogen-bond donors (Lipinski definition) is 3. The molecule has 1 aromatic carbocycles. The molecule has 0 aliphatic heterocycles. The second-order valence-corrected chi connectivity index (χ2v) is 8.32. The van der Waals surface area contributed by atoms with E-state index < -0.39 is 48.0 Å². The molecule has 0 bridgehead atoms. The molecule has 3 N–H and O–H groups in total. The topological polar surface area (TPSA) is 135 Å². The van der Waals surface area contributed by atoms with Crippen LogP contribution in [0.15, 0.2) is 59.8 Å². The molecule has 0 saturated heterocycles. The Bertz CT molecular complexity index is 1300. The van der Waals surface area contributed by atoms with Gasteiger partial charge in [-0.2, -0.15) is 13.2 Å². The van der Waals surface area contributed by atoms with Gasteiger partial charge in [-0.05, 0) is 23.6 Å². The van der Waals surface area contributed by atoms with E-state index >= 15 is 0 Å². The van der Waals surface area contributed by atoms with Gasteiger partial charge in [0, 0.05) is 0 Å². The third-order valence-corrected chi connectivity index (χ3v) is 5.24. The van der Waals surface area contributed by atoms with Crippen molar-refractivity contribution < 1.29 is 32.3 Å². The van der Waals surface area contributed by atoms with E-state index in [2.05, 4.69) is 20.6 Å². The first-order chi connectivity index (χ1) is 17.5. The van der Waals surface area contributed by atoms with Gasteiger partial charge in [-0.25, -0.2) is 9.78 Å². The van der Waals surface area contributed by atoms with E-state index in [0.29, 0.717) is 11.3 Å². The van der Waals surface area contributed by atoms with Crippen LogP contribution in [-0.2, 0) is 27.5 Å². The molecule has 0 spiro atoms. The molecule has 0 fully saturated rings. The number of nitrogens with one attached hydrogen (secondary N) is 3. The minimum atomic E-state index is -5.14. The van der Waals surface area contributed by atoms with Gasteiger partial charge in [0.2, 0.25) is 5.91 Å². The fourth-order valence-corrected chi connectivity index (χ4v) is 3.42. The number of Topliss-reactive ketones (excluding diaryl/α,β-unsaturated/α-hetero) is 1. The van der Waals surface area contributed by atoms with Gasteiger partial charge in [0.05, 0.1) is 30.0 Å². The van der Waals surface area contributed by atoms with Crippen LogP contribution < -0.4 is 16.2 Å². The summed E-state index contributed by atoms with van der Waals surface area (Å²) in [6.45, 7) is 1.86. The van der Waals surface area contributed by atoms with Crippen molar-refractivity contribution in [1.82, 2.24) is 19.9 Å². The fourth-order valence-electron chi connectivity index (χ4n) is 3.42. The van der Waals surface area contributed by atoms with Gasteiger partial charge in [-0.1, -0.05) is 44.2 Å². The quantitative estimate of drug-likeness (QED) is 0.397. The Morgan fingerprint density at radius 1 is 1.11 bits per heavy atom. The van der Waals surface area contributed by atoms with E-state index in [-0.39, 0.29) is 18.0 Å². The lowest BCUT2D eigenvalue weighted by molar-refractivity contribution is -0.174. The van der Waals surface area contributed by atoms with Gasteiger partial charge in [-0.15, -0.1) is 0 Å². The lowest BCUT2D eigenvalue weighted by Crippen LogP contribution is -2.50. The number of aromatic nitrogens is 3. The average molecular weight is 519 g/mol. The summed E-state index contributed by atoms with van der Waals surface area (Å²) in [5, 5.41) is 4.38. The number of alkyl halides is 3. The van der Waals surface area contributed by atoms with Crippen LogP contribution in [-0.4, -0.2) is 44.5 Å². The number of carbonyl (C=O) groups excluding carboxylic acids is 3. The largest absolute Gasteiger partial charge is 0.452 e. The predicted octanol–water partition coefficient (Wildman–Crippen LogP) is 3.26. The number of pyridine rings is 1. The van der Waals surface area contributed by atoms with Crippen molar-refractivity contribution in [3.63, 3.8) is 0 Å². The summed E-state index contributed by atoms with van der Waals surface area (Å²) in [4.78, 5) is 56.5. The molecule has 2 heterocycles. The Morgan fingerprint density at radius 3 is 2.41 bits per heavy atom. The van der Waals surface area contributed by atoms with Gasteiger partial charge in [0.15, 0.2) is 0 Å². The number of H-pyrrole nitrogens is 1. The molecule has 196 valence electrons. The first-order valence-corrected chi connectivity index (χ1v) is 11.1. The van der Waals surface area contributed by atoms with Crippen LogP contribution in [0.25, 0.3) is 11.3 Å². The van der Waals surface area contributed by atoms with Crippen molar-refractivity contribution >= 4 is 23.5 Å². The maximum atomic E-state index is 13.2. The van der Waals surface area contributed by atoms with Gasteiger partial charge >= 0.3 is 12.3 Å². The standard InChI is InChI=1S/C24H24F3N5O5/c1-14(2)20(21(34)24(25,26)27)31-19(33)11-32-18(15-6-4-3-5-7-15)9-8-17(22(32)35)30-23(36)37-12-16-10-28-13-29-16/h3-10,13-14,20H,11-12H2,1-2H3,(H,28,29)(H,30,36)(H,31,33). The van der Waals surface area contributed by atoms with Crippen molar-refractivity contribution in [3.8, 4) is 11.3 Å². The van der Waals surface area contributed by atoms with E-state index in [1.54, 1.807) is 30.3 Å². The molecule has 2 aromatic heterocycles. The molecule has 10 nitrogen and oxygen atoms in total. The van der Waals surface area contributed by atoms with Gasteiger partial charge in [0.1, 0.15) is 18.8 Å². The summed E-state index contributed by atoms with van der Waals surface area (Å²) in [5.74, 6) is -3.95. The van der Waals surface area contributed by atoms with Crippen LogP contribution in [0.1, 0.15) is 19.5 Å². The van der Waals surface area contributed by atoms with Crippen molar-refractivity contribution in [2.75, 3.05) is 5.32 Å². The van der Waals surface area contributed by atoms with Crippen LogP contribution >= 0.6 is 0 Å². The SMILES string of the molecule is CC(C)C(NC(=O)Cn1c(-c2ccccc2)ccc(NC(=O)OCc2cnc[nH]2)c1=O)C(=O)C(F)(F)F. The van der Waals surface area contributed by atoms with Crippen LogP contribution in [0.2, 0.25) is 0 Å². The van der Waals surface area contributed by atoms with Crippen molar-refractivity contribution in [1.29, 1.82) is 0 Å². The number of ether oxygens (including phenoxy) is 1. The molecule has 3 rings (SSSR count). The van der Waals surface area contributed by atoms with Crippen LogP contribution in [0.4, 0.5) is 23.7 Å². The molecule has 2 amide bonds. The van der Waals surface area contributed by atoms with Gasteiger partial charge in [-0.3, -0.25) is 24.3 Å². The number of hydrogen-bond acceptors (Lipinski definition) is 6. The summed E-state index contributed by atoms with van der Waals surface area (Å²) in [5.41, 5.74) is 0.275. The summed E-state index contributed by atoms with van der Waals surface area (Å²) in [6, 6.07) is 9.41. The smallest absolute Gasteiger partial charge is 0.443 e. The molecule has 1 unspecified atom stereocenters. The van der Waals surface area contributed by atoms with E-state index in [1.807, 2.05) is 0 Å². The highest BCUT2D eigenvalue weighted by Crippen LogP contribution is 2.22. The molecular formula is C24H24F3N5O5. The Balaban J connectivity index is 1.87. The summed E-state index contributed by atoms with van der Waals surface area (Å²) >= 11 is 0. The zero-order chi connectivity index (χ0) is 27.2. The summed E-state index contributed by atoms with van der Waals surface area (Å²) < 4.78 is 45.0. The third-order valence-electron chi connectivity index (χ3n) is 5.24. The molecule has 0 saturated carbocycles. The maximum Gasteiger partial charge on any atom is 0.452 e. The zero-order valence-corrected chi connectivity index (χ0v) is 19.8. The number of rotatable bonds is 9. The Labute approximate surface area is 208 Å². The maximum absolute atomic E-state index is 13.2. The average Bonchev–Trinajstić information content (AvgIpc) is 3.37. The molecular weight excluding hydrogens is 495 g/mol. The second kappa shape index (κ2) is 11.5. The Hall–Kier alpha value is -4.42. The predicted molar refractivity (Wildman–Crippen MR) is 126 cm³/mol. The number of benzene rings is 1. The number of halogens is 3. The Morgan fingerprint density at radius 2 is 1.81 bits per heavy atom. The van der Waals surface area contributed by atoms with E-state index in [4.69, 9.17) is 4.74 Å². The molecule has 1 atom stereocenters. The number of amides is 2. The molecule has 0 radical (unpaired) electrons. The third kappa shape index (κ3) is 7.06. The highest BCUT2D eigenvalue weighted by Gasteiger charge is 2.45. The first kappa shape index (κ1) is 27.2. The lowest BCUT2D eigenvalue weighted by atomic mass is 9.99.